The molecule has 0 aliphatic rings. The van der Waals surface area contributed by atoms with Crippen molar-refractivity contribution in [3.8, 4) is 0 Å². The molecule has 122 valence electrons. The number of ether oxygens (including phenoxy) is 2. The number of nitrogens with two attached hydrogens (primary N) is 1. The Kier molecular flexibility index (Phi) is 6.30. The minimum atomic E-state index is -1.06. The average Bonchev–Trinajstić information content (AvgIpc) is 2.43. The number of pyridine rings is 1. The van der Waals surface area contributed by atoms with Gasteiger partial charge in [0.15, 0.2) is 0 Å². The van der Waals surface area contributed by atoms with Gasteiger partial charge in [-0.15, -0.1) is 0 Å². The summed E-state index contributed by atoms with van der Waals surface area (Å²) < 4.78 is 10.1. The normalized spacial score (nSPS) is 13.9. The maximum atomic E-state index is 12.0. The van der Waals surface area contributed by atoms with Crippen LogP contribution in [0.4, 0.5) is 4.79 Å². The second kappa shape index (κ2) is 7.74. The maximum Gasteiger partial charge on any atom is 0.408 e. The Balaban J connectivity index is 2.93. The number of hydrogen-bond acceptors (Lipinski definition) is 6. The Morgan fingerprint density at radius 3 is 2.59 bits per heavy atom. The van der Waals surface area contributed by atoms with Crippen LogP contribution in [0.5, 0.6) is 0 Å². The molecule has 0 spiro atoms. The first-order chi connectivity index (χ1) is 10.2. The zero-order valence-corrected chi connectivity index (χ0v) is 13.3. The fourth-order valence-electron chi connectivity index (χ4n) is 1.75. The summed E-state index contributed by atoms with van der Waals surface area (Å²) in [4.78, 5) is 27.8. The second-order valence-corrected chi connectivity index (χ2v) is 5.69. The fourth-order valence-corrected chi connectivity index (χ4v) is 1.75. The molecule has 1 heterocycles. The number of nitrogens with zero attached hydrogens (tertiary/aromatic N) is 1. The molecule has 0 aliphatic heterocycles. The van der Waals surface area contributed by atoms with E-state index in [0.717, 1.165) is 0 Å². The van der Waals surface area contributed by atoms with Crippen molar-refractivity contribution in [3.63, 3.8) is 0 Å². The zero-order valence-electron chi connectivity index (χ0n) is 13.3. The highest BCUT2D eigenvalue weighted by molar-refractivity contribution is 5.78. The average molecular weight is 309 g/mol. The van der Waals surface area contributed by atoms with Crippen molar-refractivity contribution in [1.29, 1.82) is 0 Å². The molecular weight excluding hydrogens is 286 g/mol. The van der Waals surface area contributed by atoms with E-state index in [-0.39, 0.29) is 6.61 Å². The monoisotopic (exact) mass is 309 g/mol. The van der Waals surface area contributed by atoms with Gasteiger partial charge in [0, 0.05) is 12.4 Å². The lowest BCUT2D eigenvalue weighted by molar-refractivity contribution is -0.145. The number of alkyl carbamates (subject to hydrolysis) is 1. The van der Waals surface area contributed by atoms with Gasteiger partial charge in [-0.3, -0.25) is 9.78 Å². The predicted octanol–water partition coefficient (Wildman–Crippen LogP) is 1.54. The van der Waals surface area contributed by atoms with Crippen LogP contribution in [0, 0.1) is 0 Å². The Labute approximate surface area is 130 Å². The Bertz CT molecular complexity index is 499. The highest BCUT2D eigenvalue weighted by atomic mass is 16.6. The van der Waals surface area contributed by atoms with Crippen molar-refractivity contribution >= 4 is 12.1 Å². The number of carbonyl (C=O) groups excluding carboxylic acids is 2. The van der Waals surface area contributed by atoms with E-state index in [4.69, 9.17) is 15.2 Å². The molecule has 2 atom stereocenters. The molecule has 1 rings (SSSR count). The molecule has 7 nitrogen and oxygen atoms in total. The molecule has 0 saturated heterocycles. The van der Waals surface area contributed by atoms with Crippen molar-refractivity contribution in [2.45, 2.75) is 45.4 Å². The van der Waals surface area contributed by atoms with Crippen LogP contribution < -0.4 is 11.1 Å². The van der Waals surface area contributed by atoms with E-state index in [0.29, 0.717) is 5.56 Å². The van der Waals surface area contributed by atoms with Crippen LogP contribution in [0.15, 0.2) is 24.5 Å². The summed E-state index contributed by atoms with van der Waals surface area (Å²) in [6.07, 6.45) is 2.45. The van der Waals surface area contributed by atoms with Crippen molar-refractivity contribution in [2.75, 3.05) is 6.61 Å². The second-order valence-electron chi connectivity index (χ2n) is 5.69. The van der Waals surface area contributed by atoms with Gasteiger partial charge >= 0.3 is 12.1 Å². The highest BCUT2D eigenvalue weighted by Crippen LogP contribution is 2.17. The molecule has 1 amide bonds. The molecule has 1 aromatic heterocycles. The summed E-state index contributed by atoms with van der Waals surface area (Å²) in [6.45, 7) is 7.13. The Hall–Kier alpha value is -2.15. The molecule has 7 heteroatoms. The summed E-state index contributed by atoms with van der Waals surface area (Å²) in [5.41, 5.74) is 5.86. The first kappa shape index (κ1) is 17.9. The number of hydrogen-bond donors (Lipinski definition) is 2. The summed E-state index contributed by atoms with van der Waals surface area (Å²) in [5, 5.41) is 2.60. The van der Waals surface area contributed by atoms with Crippen LogP contribution in [0.1, 0.15) is 39.3 Å². The molecular formula is C15H23N3O4. The van der Waals surface area contributed by atoms with Gasteiger partial charge in [-0.25, -0.2) is 4.79 Å². The van der Waals surface area contributed by atoms with Crippen LogP contribution >= 0.6 is 0 Å². The molecule has 0 aliphatic carbocycles. The van der Waals surface area contributed by atoms with Crippen molar-refractivity contribution in [3.05, 3.63) is 30.1 Å². The standard InChI is InChI=1S/C15H23N3O4/c1-5-21-13(19)11(16)12(10-7-6-8-17-9-10)18-14(20)22-15(2,3)4/h6-9,11-12H,5,16H2,1-4H3,(H,18,20)/t11-,12+/m0/s1. The first-order valence-electron chi connectivity index (χ1n) is 7.06. The van der Waals surface area contributed by atoms with Gasteiger partial charge in [-0.2, -0.15) is 0 Å². The van der Waals surface area contributed by atoms with E-state index in [2.05, 4.69) is 10.3 Å². The summed E-state index contributed by atoms with van der Waals surface area (Å²) in [7, 11) is 0. The third-order valence-corrected chi connectivity index (χ3v) is 2.63. The number of nitrogens with one attached hydrogen (secondary N) is 1. The van der Waals surface area contributed by atoms with Crippen LogP contribution in [-0.2, 0) is 14.3 Å². The maximum absolute atomic E-state index is 12.0. The fraction of sp³-hybridized carbons (Fsp3) is 0.533. The van der Waals surface area contributed by atoms with Crippen molar-refractivity contribution in [2.24, 2.45) is 5.73 Å². The van der Waals surface area contributed by atoms with Crippen molar-refractivity contribution < 1.29 is 19.1 Å². The van der Waals surface area contributed by atoms with Crippen molar-refractivity contribution in [1.82, 2.24) is 10.3 Å². The Morgan fingerprint density at radius 2 is 2.09 bits per heavy atom. The lowest BCUT2D eigenvalue weighted by Crippen LogP contribution is -2.47. The Morgan fingerprint density at radius 1 is 1.41 bits per heavy atom. The highest BCUT2D eigenvalue weighted by Gasteiger charge is 2.30. The summed E-state index contributed by atoms with van der Waals surface area (Å²) in [5.74, 6) is -0.604. The molecule has 0 saturated carbocycles. The smallest absolute Gasteiger partial charge is 0.408 e. The largest absolute Gasteiger partial charge is 0.465 e. The van der Waals surface area contributed by atoms with Gasteiger partial charge in [0.25, 0.3) is 0 Å². The third kappa shape index (κ3) is 5.69. The minimum absolute atomic E-state index is 0.207. The van der Waals surface area contributed by atoms with E-state index in [1.54, 1.807) is 46.0 Å². The van der Waals surface area contributed by atoms with Gasteiger partial charge < -0.3 is 20.5 Å². The number of carbonyl (C=O) groups is 2. The number of aromatic nitrogens is 1. The summed E-state index contributed by atoms with van der Waals surface area (Å²) in [6, 6.07) is 1.56. The van der Waals surface area contributed by atoms with Crippen LogP contribution in [0.25, 0.3) is 0 Å². The molecule has 22 heavy (non-hydrogen) atoms. The topological polar surface area (TPSA) is 104 Å². The van der Waals surface area contributed by atoms with Gasteiger partial charge in [-0.05, 0) is 39.3 Å². The van der Waals surface area contributed by atoms with E-state index in [1.807, 2.05) is 0 Å². The van der Waals surface area contributed by atoms with E-state index >= 15 is 0 Å². The number of esters is 1. The van der Waals surface area contributed by atoms with Crippen LogP contribution in [0.3, 0.4) is 0 Å². The molecule has 0 bridgehead atoms. The van der Waals surface area contributed by atoms with Gasteiger partial charge in [0.2, 0.25) is 0 Å². The molecule has 0 fully saturated rings. The van der Waals surface area contributed by atoms with Gasteiger partial charge in [-0.1, -0.05) is 6.07 Å². The van der Waals surface area contributed by atoms with E-state index in [9.17, 15) is 9.59 Å². The SMILES string of the molecule is CCOC(=O)[C@@H](N)[C@H](NC(=O)OC(C)(C)C)c1cccnc1. The molecule has 3 N–H and O–H groups in total. The predicted molar refractivity (Wildman–Crippen MR) is 81.0 cm³/mol. The first-order valence-corrected chi connectivity index (χ1v) is 7.06. The lowest BCUT2D eigenvalue weighted by atomic mass is 10.0. The number of amides is 1. The summed E-state index contributed by atoms with van der Waals surface area (Å²) >= 11 is 0. The molecule has 0 unspecified atom stereocenters. The molecule has 1 aromatic rings. The third-order valence-electron chi connectivity index (χ3n) is 2.63. The van der Waals surface area contributed by atoms with E-state index in [1.165, 1.54) is 6.20 Å². The molecule has 0 aromatic carbocycles. The zero-order chi connectivity index (χ0) is 16.8. The van der Waals surface area contributed by atoms with Crippen LogP contribution in [-0.4, -0.2) is 35.3 Å². The van der Waals surface area contributed by atoms with Gasteiger partial charge in [0.05, 0.1) is 12.6 Å². The lowest BCUT2D eigenvalue weighted by Gasteiger charge is -2.26. The van der Waals surface area contributed by atoms with Crippen LogP contribution in [0.2, 0.25) is 0 Å². The molecule has 0 radical (unpaired) electrons. The van der Waals surface area contributed by atoms with Gasteiger partial charge in [0.1, 0.15) is 11.6 Å². The van der Waals surface area contributed by atoms with E-state index < -0.39 is 29.7 Å². The number of rotatable bonds is 5. The minimum Gasteiger partial charge on any atom is -0.465 e. The quantitative estimate of drug-likeness (QED) is 0.800.